The van der Waals surface area contributed by atoms with Crippen molar-refractivity contribution in [2.24, 2.45) is 0 Å². The molecule has 2 aromatic heterocycles. The van der Waals surface area contributed by atoms with Crippen LogP contribution in [-0.2, 0) is 0 Å². The zero-order chi connectivity index (χ0) is 29.1. The molecule has 0 saturated carbocycles. The lowest BCUT2D eigenvalue weighted by atomic mass is 10.1. The number of amides is 1. The summed E-state index contributed by atoms with van der Waals surface area (Å²) >= 11 is 13.6. The monoisotopic (exact) mass is 612 g/mol. The van der Waals surface area contributed by atoms with Crippen LogP contribution in [0.3, 0.4) is 0 Å². The Kier molecular flexibility index (Phi) is 8.15. The Morgan fingerprint density at radius 2 is 1.71 bits per heavy atom. The summed E-state index contributed by atoms with van der Waals surface area (Å²) in [5.41, 5.74) is 8.16. The first kappa shape index (κ1) is 28.0. The minimum atomic E-state index is -0.334. The largest absolute Gasteiger partial charge is 0.493 e. The highest BCUT2D eigenvalue weighted by molar-refractivity contribution is 7.19. The van der Waals surface area contributed by atoms with Crippen molar-refractivity contribution in [1.82, 2.24) is 15.1 Å². The van der Waals surface area contributed by atoms with E-state index >= 15 is 0 Å². The molecule has 0 radical (unpaired) electrons. The van der Waals surface area contributed by atoms with Gasteiger partial charge in [-0.2, -0.15) is 4.98 Å². The molecular weight excluding hydrogens is 591 g/mol. The number of nitrogens with two attached hydrogens (primary N) is 1. The van der Waals surface area contributed by atoms with Crippen molar-refractivity contribution in [2.45, 2.75) is 0 Å². The Morgan fingerprint density at radius 3 is 2.39 bits per heavy atom. The van der Waals surface area contributed by atoms with Crippen molar-refractivity contribution < 1.29 is 23.5 Å². The summed E-state index contributed by atoms with van der Waals surface area (Å²) < 4.78 is 21.7. The molecule has 210 valence electrons. The minimum Gasteiger partial charge on any atom is -0.493 e. The Bertz CT molecular complexity index is 1720. The molecular formula is C27H22Cl2N6O5S. The van der Waals surface area contributed by atoms with Gasteiger partial charge in [0.15, 0.2) is 16.6 Å². The summed E-state index contributed by atoms with van der Waals surface area (Å²) in [5, 5.41) is 11.3. The van der Waals surface area contributed by atoms with Gasteiger partial charge in [0.25, 0.3) is 11.8 Å². The third kappa shape index (κ3) is 5.99. The lowest BCUT2D eigenvalue weighted by Gasteiger charge is -2.14. The second kappa shape index (κ2) is 11.9. The zero-order valence-corrected chi connectivity index (χ0v) is 24.1. The molecule has 11 nitrogen and oxygen atoms in total. The van der Waals surface area contributed by atoms with E-state index in [1.54, 1.807) is 54.6 Å². The summed E-state index contributed by atoms with van der Waals surface area (Å²) in [5.74, 6) is 1.62. The van der Waals surface area contributed by atoms with Gasteiger partial charge in [0.05, 0.1) is 26.4 Å². The first-order valence-electron chi connectivity index (χ1n) is 11.8. The Hall–Kier alpha value is -4.52. The predicted molar refractivity (Wildman–Crippen MR) is 159 cm³/mol. The van der Waals surface area contributed by atoms with Crippen molar-refractivity contribution in [3.05, 3.63) is 70.2 Å². The van der Waals surface area contributed by atoms with Crippen LogP contribution in [0.2, 0.25) is 10.0 Å². The molecule has 0 unspecified atom stereocenters. The number of nitrogens with zero attached hydrogens (tertiary/aromatic N) is 3. The highest BCUT2D eigenvalue weighted by atomic mass is 35.5. The average molecular weight is 613 g/mol. The molecule has 0 aliphatic rings. The van der Waals surface area contributed by atoms with Crippen molar-refractivity contribution in [2.75, 3.05) is 37.7 Å². The smallest absolute Gasteiger partial charge is 0.272 e. The zero-order valence-electron chi connectivity index (χ0n) is 21.8. The number of hydrogen-bond donors (Lipinski definition) is 3. The Morgan fingerprint density at radius 1 is 0.951 bits per heavy atom. The molecule has 2 heterocycles. The maximum absolute atomic E-state index is 12.7. The molecule has 0 aliphatic heterocycles. The van der Waals surface area contributed by atoms with E-state index in [1.807, 2.05) is 0 Å². The van der Waals surface area contributed by atoms with Crippen LogP contribution >= 0.6 is 34.5 Å². The lowest BCUT2D eigenvalue weighted by molar-refractivity contribution is 0.102. The van der Waals surface area contributed by atoms with Crippen LogP contribution in [0.25, 0.3) is 22.2 Å². The number of anilines is 4. The van der Waals surface area contributed by atoms with Crippen molar-refractivity contribution >= 4 is 62.8 Å². The molecule has 0 aliphatic carbocycles. The highest BCUT2D eigenvalue weighted by Gasteiger charge is 2.21. The molecule has 3 aromatic carbocycles. The second-order valence-electron chi connectivity index (χ2n) is 8.35. The number of halogens is 2. The molecule has 41 heavy (non-hydrogen) atoms. The predicted octanol–water partition coefficient (Wildman–Crippen LogP) is 6.77. The molecule has 0 spiro atoms. The summed E-state index contributed by atoms with van der Waals surface area (Å²) in [7, 11) is 4.59. The van der Waals surface area contributed by atoms with E-state index in [0.717, 1.165) is 0 Å². The summed E-state index contributed by atoms with van der Waals surface area (Å²) in [4.78, 5) is 22.0. The van der Waals surface area contributed by atoms with E-state index in [2.05, 4.69) is 25.8 Å². The van der Waals surface area contributed by atoms with Gasteiger partial charge in [0.2, 0.25) is 11.6 Å². The molecule has 5 aromatic rings. The van der Waals surface area contributed by atoms with Crippen LogP contribution in [0, 0.1) is 0 Å². The summed E-state index contributed by atoms with van der Waals surface area (Å²) in [6.07, 6.45) is 0. The molecule has 5 rings (SSSR count). The number of carbonyl (C=O) groups is 1. The maximum Gasteiger partial charge on any atom is 0.272 e. The summed E-state index contributed by atoms with van der Waals surface area (Å²) in [6, 6.07) is 15.0. The van der Waals surface area contributed by atoms with Crippen LogP contribution in [0.1, 0.15) is 10.4 Å². The fraction of sp³-hybridized carbons (Fsp3) is 0.111. The first-order valence-corrected chi connectivity index (χ1v) is 13.4. The molecule has 4 N–H and O–H groups in total. The van der Waals surface area contributed by atoms with Gasteiger partial charge in [-0.15, -0.1) is 0 Å². The number of rotatable bonds is 9. The van der Waals surface area contributed by atoms with Gasteiger partial charge in [0, 0.05) is 39.7 Å². The topological polar surface area (TPSA) is 147 Å². The van der Waals surface area contributed by atoms with Crippen molar-refractivity contribution in [3.8, 4) is 39.4 Å². The van der Waals surface area contributed by atoms with Crippen LogP contribution in [0.15, 0.2) is 59.1 Å². The van der Waals surface area contributed by atoms with Gasteiger partial charge < -0.3 is 35.1 Å². The van der Waals surface area contributed by atoms with E-state index in [4.69, 9.17) is 47.7 Å². The SMILES string of the molecule is COc1cc(Nc2nc(N)c(-c3nc(-c4cc(NC(=O)c5cccc(Cl)c5)ccc4Cl)no3)s2)cc(OC)c1OC. The number of aromatic nitrogens is 3. The van der Waals surface area contributed by atoms with Gasteiger partial charge in [-0.1, -0.05) is 45.8 Å². The minimum absolute atomic E-state index is 0.150. The van der Waals surface area contributed by atoms with E-state index in [1.165, 1.54) is 32.7 Å². The van der Waals surface area contributed by atoms with Gasteiger partial charge in [-0.3, -0.25) is 4.79 Å². The van der Waals surface area contributed by atoms with Gasteiger partial charge in [-0.25, -0.2) is 4.98 Å². The molecule has 0 fully saturated rings. The van der Waals surface area contributed by atoms with Crippen LogP contribution in [0.5, 0.6) is 17.2 Å². The Labute approximate surface area is 248 Å². The normalized spacial score (nSPS) is 10.8. The third-order valence-corrected chi connectivity index (χ3v) is 7.28. The number of thiazole rings is 1. The Balaban J connectivity index is 1.38. The van der Waals surface area contributed by atoms with Crippen LogP contribution < -0.4 is 30.6 Å². The summed E-state index contributed by atoms with van der Waals surface area (Å²) in [6.45, 7) is 0. The number of carbonyl (C=O) groups excluding carboxylic acids is 1. The average Bonchev–Trinajstić information content (AvgIpc) is 3.59. The maximum atomic E-state index is 12.7. The molecule has 1 amide bonds. The quantitative estimate of drug-likeness (QED) is 0.163. The molecule has 14 heteroatoms. The highest BCUT2D eigenvalue weighted by Crippen LogP contribution is 2.42. The number of ether oxygens (including phenoxy) is 3. The van der Waals surface area contributed by atoms with Crippen LogP contribution in [-0.4, -0.2) is 42.4 Å². The standard InChI is InChI=1S/C27H22Cl2N6O5S/c1-37-19-11-16(12-20(38-2)21(19)39-3)32-27-33-23(30)22(41-27)26-34-24(35-40-26)17-10-15(7-8-18(17)29)31-25(36)13-5-4-6-14(28)9-13/h4-12H,30H2,1-3H3,(H,31,36)(H,32,33). The number of nitrogen functional groups attached to an aromatic ring is 1. The van der Waals surface area contributed by atoms with Crippen molar-refractivity contribution in [3.63, 3.8) is 0 Å². The number of nitrogens with one attached hydrogen (secondary N) is 2. The third-order valence-electron chi connectivity index (χ3n) is 5.74. The van der Waals surface area contributed by atoms with E-state index in [0.29, 0.717) is 59.8 Å². The van der Waals surface area contributed by atoms with Gasteiger partial charge in [-0.05, 0) is 36.4 Å². The van der Waals surface area contributed by atoms with Crippen LogP contribution in [0.4, 0.5) is 22.3 Å². The van der Waals surface area contributed by atoms with Gasteiger partial charge >= 0.3 is 0 Å². The van der Waals surface area contributed by atoms with Crippen molar-refractivity contribution in [1.29, 1.82) is 0 Å². The molecule has 0 saturated heterocycles. The van der Waals surface area contributed by atoms with E-state index in [-0.39, 0.29) is 23.4 Å². The number of hydrogen-bond acceptors (Lipinski definition) is 11. The van der Waals surface area contributed by atoms with Gasteiger partial charge in [0.1, 0.15) is 10.7 Å². The molecule has 0 atom stereocenters. The number of benzene rings is 3. The first-order chi connectivity index (χ1) is 19.8. The lowest BCUT2D eigenvalue weighted by Crippen LogP contribution is -2.11. The fourth-order valence-corrected chi connectivity index (χ4v) is 5.07. The number of methoxy groups -OCH3 is 3. The second-order valence-corrected chi connectivity index (χ2v) is 10.2. The van der Waals surface area contributed by atoms with E-state index in [9.17, 15) is 4.79 Å². The molecule has 0 bridgehead atoms. The fourth-order valence-electron chi connectivity index (χ4n) is 3.85. The van der Waals surface area contributed by atoms with E-state index < -0.39 is 0 Å².